The van der Waals surface area contributed by atoms with Gasteiger partial charge >= 0.3 is 0 Å². The summed E-state index contributed by atoms with van der Waals surface area (Å²) < 4.78 is 5.25. The molecule has 1 aromatic heterocycles. The molecule has 21 heavy (non-hydrogen) atoms. The molecule has 1 fully saturated rings. The van der Waals surface area contributed by atoms with Crippen molar-refractivity contribution in [2.75, 3.05) is 39.8 Å². The van der Waals surface area contributed by atoms with Gasteiger partial charge in [0.1, 0.15) is 5.69 Å². The summed E-state index contributed by atoms with van der Waals surface area (Å²) in [5.74, 6) is -0.437. The molecule has 3 rings (SSSR count). The minimum atomic E-state index is -0.437. The molecule has 2 heterocycles. The number of fused-ring (bicyclic) bond motifs is 1. The van der Waals surface area contributed by atoms with Crippen LogP contribution >= 0.6 is 11.5 Å². The minimum Gasteiger partial charge on any atom is -0.364 e. The fourth-order valence-electron chi connectivity index (χ4n) is 2.79. The molecule has 0 saturated carbocycles. The van der Waals surface area contributed by atoms with Crippen LogP contribution in [0.4, 0.5) is 0 Å². The number of rotatable bonds is 4. The first-order chi connectivity index (χ1) is 10.1. The van der Waals surface area contributed by atoms with Gasteiger partial charge in [0, 0.05) is 38.1 Å². The molecule has 1 saturated heterocycles. The second kappa shape index (κ2) is 6.09. The predicted molar refractivity (Wildman–Crippen MR) is 85.8 cm³/mol. The number of primary amides is 1. The quantitative estimate of drug-likeness (QED) is 0.921. The van der Waals surface area contributed by atoms with E-state index < -0.39 is 5.91 Å². The number of likely N-dealkylation sites (N-methyl/N-ethyl adjacent to an activating group) is 1. The minimum absolute atomic E-state index is 0.420. The van der Waals surface area contributed by atoms with Crippen LogP contribution in [0, 0.1) is 0 Å². The standard InChI is InChI=1S/C15H20N4OS/c1-18-7-9-19(10-8-18)6-5-11-3-2-4-12-13(11)14(15(16)20)17-21-12/h2-4H,5-10H2,1H3,(H2,16,20). The molecule has 1 aromatic carbocycles. The first-order valence-electron chi connectivity index (χ1n) is 7.23. The largest absolute Gasteiger partial charge is 0.364 e. The summed E-state index contributed by atoms with van der Waals surface area (Å²) in [6.07, 6.45) is 0.930. The first kappa shape index (κ1) is 14.4. The van der Waals surface area contributed by atoms with E-state index in [2.05, 4.69) is 27.3 Å². The van der Waals surface area contributed by atoms with Crippen LogP contribution in [-0.4, -0.2) is 59.9 Å². The number of aromatic nitrogens is 1. The van der Waals surface area contributed by atoms with E-state index in [0.717, 1.165) is 49.2 Å². The van der Waals surface area contributed by atoms with Crippen LogP contribution in [0.15, 0.2) is 18.2 Å². The Morgan fingerprint density at radius 3 is 2.81 bits per heavy atom. The van der Waals surface area contributed by atoms with Gasteiger partial charge in [-0.1, -0.05) is 12.1 Å². The summed E-state index contributed by atoms with van der Waals surface area (Å²) in [6.45, 7) is 5.47. The number of amides is 1. The third kappa shape index (κ3) is 3.07. The van der Waals surface area contributed by atoms with Crippen LogP contribution < -0.4 is 5.73 Å². The van der Waals surface area contributed by atoms with Crippen molar-refractivity contribution in [2.24, 2.45) is 5.73 Å². The van der Waals surface area contributed by atoms with E-state index in [9.17, 15) is 4.79 Å². The normalized spacial score (nSPS) is 17.4. The molecule has 6 heteroatoms. The average Bonchev–Trinajstić information content (AvgIpc) is 2.91. The lowest BCUT2D eigenvalue weighted by Crippen LogP contribution is -2.45. The maximum Gasteiger partial charge on any atom is 0.269 e. The van der Waals surface area contributed by atoms with Crippen molar-refractivity contribution in [1.82, 2.24) is 14.2 Å². The van der Waals surface area contributed by atoms with E-state index in [0.29, 0.717) is 5.69 Å². The predicted octanol–water partition coefficient (Wildman–Crippen LogP) is 1.19. The van der Waals surface area contributed by atoms with Gasteiger partial charge in [0.25, 0.3) is 5.91 Å². The number of carbonyl (C=O) groups is 1. The van der Waals surface area contributed by atoms with E-state index in [1.54, 1.807) is 0 Å². The lowest BCUT2D eigenvalue weighted by Gasteiger charge is -2.32. The van der Waals surface area contributed by atoms with Gasteiger partial charge in [-0.05, 0) is 36.6 Å². The number of hydrogen-bond acceptors (Lipinski definition) is 5. The highest BCUT2D eigenvalue weighted by Crippen LogP contribution is 2.26. The monoisotopic (exact) mass is 304 g/mol. The third-order valence-corrected chi connectivity index (χ3v) is 4.92. The van der Waals surface area contributed by atoms with Crippen LogP contribution in [0.25, 0.3) is 10.1 Å². The zero-order valence-corrected chi connectivity index (χ0v) is 13.0. The van der Waals surface area contributed by atoms with Gasteiger partial charge < -0.3 is 15.5 Å². The smallest absolute Gasteiger partial charge is 0.269 e. The fraction of sp³-hybridized carbons (Fsp3) is 0.467. The summed E-state index contributed by atoms with van der Waals surface area (Å²) >= 11 is 1.35. The topological polar surface area (TPSA) is 62.5 Å². The number of nitrogens with zero attached hydrogens (tertiary/aromatic N) is 3. The highest BCUT2D eigenvalue weighted by Gasteiger charge is 2.17. The third-order valence-electron chi connectivity index (χ3n) is 4.11. The van der Waals surface area contributed by atoms with Crippen LogP contribution in [0.1, 0.15) is 16.1 Å². The molecule has 112 valence electrons. The SMILES string of the molecule is CN1CCN(CCc2cccc3snc(C(N)=O)c23)CC1. The number of piperazine rings is 1. The summed E-state index contributed by atoms with van der Waals surface area (Å²) in [5.41, 5.74) is 7.03. The summed E-state index contributed by atoms with van der Waals surface area (Å²) in [7, 11) is 2.16. The lowest BCUT2D eigenvalue weighted by atomic mass is 10.0. The molecule has 1 aliphatic rings. The van der Waals surface area contributed by atoms with Gasteiger partial charge in [0.15, 0.2) is 0 Å². The van der Waals surface area contributed by atoms with Crippen molar-refractivity contribution in [3.05, 3.63) is 29.5 Å². The molecule has 1 amide bonds. The zero-order chi connectivity index (χ0) is 14.8. The average molecular weight is 304 g/mol. The van der Waals surface area contributed by atoms with Crippen molar-refractivity contribution in [3.8, 4) is 0 Å². The van der Waals surface area contributed by atoms with E-state index in [1.165, 1.54) is 17.1 Å². The van der Waals surface area contributed by atoms with E-state index in [-0.39, 0.29) is 0 Å². The number of hydrogen-bond donors (Lipinski definition) is 1. The number of benzene rings is 1. The van der Waals surface area contributed by atoms with Gasteiger partial charge in [-0.2, -0.15) is 4.37 Å². The molecule has 0 unspecified atom stereocenters. The van der Waals surface area contributed by atoms with Crippen LogP contribution in [0.5, 0.6) is 0 Å². The van der Waals surface area contributed by atoms with Gasteiger partial charge in [0.05, 0.1) is 4.70 Å². The van der Waals surface area contributed by atoms with Crippen molar-refractivity contribution in [1.29, 1.82) is 0 Å². The Balaban J connectivity index is 1.77. The Morgan fingerprint density at radius 1 is 1.33 bits per heavy atom. The molecule has 2 N–H and O–H groups in total. The Labute approximate surface area is 128 Å². The number of nitrogens with two attached hydrogens (primary N) is 1. The Bertz CT molecular complexity index is 646. The zero-order valence-electron chi connectivity index (χ0n) is 12.2. The summed E-state index contributed by atoms with van der Waals surface area (Å²) in [4.78, 5) is 16.3. The van der Waals surface area contributed by atoms with Crippen LogP contribution in [0.3, 0.4) is 0 Å². The highest BCUT2D eigenvalue weighted by atomic mass is 32.1. The molecule has 0 bridgehead atoms. The van der Waals surface area contributed by atoms with Gasteiger partial charge in [-0.25, -0.2) is 0 Å². The summed E-state index contributed by atoms with van der Waals surface area (Å²) in [6, 6.07) is 6.11. The van der Waals surface area contributed by atoms with Crippen molar-refractivity contribution in [3.63, 3.8) is 0 Å². The molecule has 0 aliphatic carbocycles. The lowest BCUT2D eigenvalue weighted by molar-refractivity contribution is 0.0998. The second-order valence-electron chi connectivity index (χ2n) is 5.58. The maximum atomic E-state index is 11.5. The molecular weight excluding hydrogens is 284 g/mol. The molecule has 0 spiro atoms. The number of carbonyl (C=O) groups excluding carboxylic acids is 1. The van der Waals surface area contributed by atoms with Crippen molar-refractivity contribution < 1.29 is 4.79 Å². The van der Waals surface area contributed by atoms with E-state index in [4.69, 9.17) is 5.73 Å². The highest BCUT2D eigenvalue weighted by molar-refractivity contribution is 7.13. The molecule has 1 aliphatic heterocycles. The molecular formula is C15H20N4OS. The Kier molecular flexibility index (Phi) is 4.19. The van der Waals surface area contributed by atoms with Crippen molar-refractivity contribution >= 4 is 27.5 Å². The van der Waals surface area contributed by atoms with E-state index in [1.807, 2.05) is 12.1 Å². The summed E-state index contributed by atoms with van der Waals surface area (Å²) in [5, 5.41) is 0.948. The molecule has 2 aromatic rings. The van der Waals surface area contributed by atoms with Crippen molar-refractivity contribution in [2.45, 2.75) is 6.42 Å². The van der Waals surface area contributed by atoms with E-state index >= 15 is 0 Å². The fourth-order valence-corrected chi connectivity index (χ4v) is 3.62. The second-order valence-corrected chi connectivity index (χ2v) is 6.39. The maximum absolute atomic E-state index is 11.5. The first-order valence-corrected chi connectivity index (χ1v) is 8.00. The molecule has 5 nitrogen and oxygen atoms in total. The van der Waals surface area contributed by atoms with Gasteiger partial charge in [-0.15, -0.1) is 0 Å². The van der Waals surface area contributed by atoms with Gasteiger partial charge in [-0.3, -0.25) is 4.79 Å². The van der Waals surface area contributed by atoms with Crippen LogP contribution in [0.2, 0.25) is 0 Å². The Morgan fingerprint density at radius 2 is 2.10 bits per heavy atom. The van der Waals surface area contributed by atoms with Gasteiger partial charge in [0.2, 0.25) is 0 Å². The molecule has 0 radical (unpaired) electrons. The molecule has 0 atom stereocenters. The van der Waals surface area contributed by atoms with Crippen LogP contribution in [-0.2, 0) is 6.42 Å². The Hall–Kier alpha value is -1.50.